The molecule has 6 rings (SSSR count). The molecule has 13 heteroatoms. The number of halogens is 4. The van der Waals surface area contributed by atoms with Crippen LogP contribution in [0.25, 0.3) is 22.3 Å². The number of nitrogens with one attached hydrogen (secondary N) is 1. The van der Waals surface area contributed by atoms with E-state index in [1.54, 1.807) is 42.5 Å². The molecule has 0 bridgehead atoms. The van der Waals surface area contributed by atoms with Crippen molar-refractivity contribution in [2.24, 2.45) is 5.41 Å². The second-order valence-corrected chi connectivity index (χ2v) is 12.6. The van der Waals surface area contributed by atoms with Crippen LogP contribution in [0.2, 0.25) is 0 Å². The Balaban J connectivity index is 1.30. The number of anilines is 2. The van der Waals surface area contributed by atoms with Gasteiger partial charge in [-0.15, -0.1) is 0 Å². The molecule has 0 radical (unpaired) electrons. The number of nitrogens with zero attached hydrogens (tertiary/aromatic N) is 3. The highest BCUT2D eigenvalue weighted by Gasteiger charge is 2.46. The number of benzene rings is 3. The van der Waals surface area contributed by atoms with Crippen LogP contribution in [0.15, 0.2) is 72.8 Å². The lowest BCUT2D eigenvalue weighted by atomic mass is 9.76. The van der Waals surface area contributed by atoms with E-state index in [1.165, 1.54) is 30.3 Å². The minimum atomic E-state index is -4.86. The molecule has 2 atom stereocenters. The number of alkyl halides is 3. The minimum absolute atomic E-state index is 0.103. The number of carboxylic acids is 1. The number of carboxylic acid groups (broad SMARTS) is 1. The van der Waals surface area contributed by atoms with Gasteiger partial charge in [0.15, 0.2) is 11.6 Å². The van der Waals surface area contributed by atoms with Crippen molar-refractivity contribution in [1.82, 2.24) is 15.3 Å². The molecule has 2 fully saturated rings. The number of nitrogens with two attached hydrogens (primary N) is 1. The first-order chi connectivity index (χ1) is 23.4. The van der Waals surface area contributed by atoms with Gasteiger partial charge in [0.25, 0.3) is 0 Å². The van der Waals surface area contributed by atoms with Gasteiger partial charge in [-0.25, -0.2) is 4.39 Å². The van der Waals surface area contributed by atoms with Crippen LogP contribution in [-0.2, 0) is 4.79 Å². The van der Waals surface area contributed by atoms with Crippen molar-refractivity contribution in [3.63, 3.8) is 0 Å². The predicted molar refractivity (Wildman–Crippen MR) is 177 cm³/mol. The molecule has 1 aromatic heterocycles. The largest absolute Gasteiger partial charge is 0.491 e. The fourth-order valence-corrected chi connectivity index (χ4v) is 6.60. The maximum atomic E-state index is 14.9. The number of carbonyl (C=O) groups is 1. The normalized spacial score (nSPS) is 18.0. The topological polar surface area (TPSA) is 123 Å². The third kappa shape index (κ3) is 7.56. The highest BCUT2D eigenvalue weighted by atomic mass is 19.4. The highest BCUT2D eigenvalue weighted by Crippen LogP contribution is 2.44. The number of nitrogen functional groups attached to an aromatic ring is 1. The van der Waals surface area contributed by atoms with Crippen molar-refractivity contribution in [2.45, 2.75) is 50.9 Å². The number of hydrogen-bond acceptors (Lipinski definition) is 8. The van der Waals surface area contributed by atoms with E-state index in [1.807, 2.05) is 11.8 Å². The van der Waals surface area contributed by atoms with Crippen molar-refractivity contribution in [3.05, 3.63) is 84.2 Å². The van der Waals surface area contributed by atoms with Crippen LogP contribution in [-0.4, -0.2) is 59.5 Å². The van der Waals surface area contributed by atoms with Crippen LogP contribution in [0.3, 0.4) is 0 Å². The fraction of sp³-hybridized carbons (Fsp3) is 0.361. The van der Waals surface area contributed by atoms with E-state index in [0.717, 1.165) is 0 Å². The van der Waals surface area contributed by atoms with Gasteiger partial charge in [-0.05, 0) is 71.6 Å². The summed E-state index contributed by atoms with van der Waals surface area (Å²) in [6, 6.07) is 18.2. The monoisotopic (exact) mass is 679 g/mol. The van der Waals surface area contributed by atoms with Gasteiger partial charge in [0.1, 0.15) is 11.9 Å². The van der Waals surface area contributed by atoms with E-state index < -0.39 is 30.1 Å². The van der Waals surface area contributed by atoms with Gasteiger partial charge in [-0.3, -0.25) is 4.79 Å². The van der Waals surface area contributed by atoms with E-state index in [4.69, 9.17) is 15.2 Å². The fourth-order valence-electron chi connectivity index (χ4n) is 6.60. The van der Waals surface area contributed by atoms with Crippen LogP contribution in [0.4, 0.5) is 29.3 Å². The molecule has 49 heavy (non-hydrogen) atoms. The molecule has 1 spiro atoms. The number of hydrogen-bond donors (Lipinski definition) is 3. The highest BCUT2D eigenvalue weighted by molar-refractivity contribution is 5.76. The summed E-state index contributed by atoms with van der Waals surface area (Å²) in [6.45, 7) is 3.87. The van der Waals surface area contributed by atoms with E-state index >= 15 is 0 Å². The standard InChI is InChI=1S/C36H37F4N5O4/c1-2-16-48-29-11-9-24(18-27(29)37)23-8-10-25(26(17-23)22-6-4-3-5-7-22)32(36(38,39)40)49-31-19-30(43-34(41)44-31)45-14-12-35(13-15-45)20-28(33(46)47)42-21-35/h3-11,17-19,28,32,42H,2,12-16,20-21H2,1H3,(H,46,47)(H2,41,43,44)/t28-,32?/m0/s1. The molecule has 2 saturated heterocycles. The zero-order valence-electron chi connectivity index (χ0n) is 26.8. The van der Waals surface area contributed by atoms with E-state index in [-0.39, 0.29) is 34.1 Å². The predicted octanol–water partition coefficient (Wildman–Crippen LogP) is 7.04. The molecule has 0 saturated carbocycles. The lowest BCUT2D eigenvalue weighted by molar-refractivity contribution is -0.198. The second-order valence-electron chi connectivity index (χ2n) is 12.6. The number of aliphatic carboxylic acids is 1. The number of ether oxygens (including phenoxy) is 2. The number of rotatable bonds is 10. The third-order valence-corrected chi connectivity index (χ3v) is 9.20. The second kappa shape index (κ2) is 13.9. The molecular weight excluding hydrogens is 642 g/mol. The molecule has 3 aromatic carbocycles. The lowest BCUT2D eigenvalue weighted by Gasteiger charge is -2.39. The zero-order chi connectivity index (χ0) is 34.8. The lowest BCUT2D eigenvalue weighted by Crippen LogP contribution is -2.41. The summed E-state index contributed by atoms with van der Waals surface area (Å²) >= 11 is 0. The minimum Gasteiger partial charge on any atom is -0.491 e. The molecule has 1 unspecified atom stereocenters. The zero-order valence-corrected chi connectivity index (χ0v) is 26.8. The summed E-state index contributed by atoms with van der Waals surface area (Å²) < 4.78 is 70.7. The van der Waals surface area contributed by atoms with Crippen molar-refractivity contribution in [1.29, 1.82) is 0 Å². The first-order valence-electron chi connectivity index (χ1n) is 16.2. The molecular formula is C36H37F4N5O4. The van der Waals surface area contributed by atoms with Crippen LogP contribution in [0.5, 0.6) is 11.6 Å². The van der Waals surface area contributed by atoms with Crippen molar-refractivity contribution in [3.8, 4) is 33.9 Å². The summed E-state index contributed by atoms with van der Waals surface area (Å²) in [7, 11) is 0. The maximum absolute atomic E-state index is 14.9. The molecule has 2 aliphatic rings. The Labute approximate surface area is 281 Å². The molecule has 258 valence electrons. The Morgan fingerprint density at radius 2 is 1.76 bits per heavy atom. The number of aromatic nitrogens is 2. The van der Waals surface area contributed by atoms with Gasteiger partial charge in [0.05, 0.1) is 6.61 Å². The first-order valence-corrected chi connectivity index (χ1v) is 16.2. The van der Waals surface area contributed by atoms with Crippen LogP contribution >= 0.6 is 0 Å². The molecule has 0 amide bonds. The van der Waals surface area contributed by atoms with Gasteiger partial charge in [0, 0.05) is 31.3 Å². The van der Waals surface area contributed by atoms with Crippen molar-refractivity contribution >= 4 is 17.7 Å². The average molecular weight is 680 g/mol. The molecule has 0 aliphatic carbocycles. The Bertz CT molecular complexity index is 1800. The van der Waals surface area contributed by atoms with E-state index in [2.05, 4.69) is 15.3 Å². The van der Waals surface area contributed by atoms with E-state index in [0.29, 0.717) is 74.4 Å². The van der Waals surface area contributed by atoms with Gasteiger partial charge in [0.2, 0.25) is 17.9 Å². The Hall–Kier alpha value is -4.91. The van der Waals surface area contributed by atoms with Gasteiger partial charge in [-0.1, -0.05) is 55.5 Å². The Kier molecular flexibility index (Phi) is 9.64. The quantitative estimate of drug-likeness (QED) is 0.152. The molecule has 4 aromatic rings. The summed E-state index contributed by atoms with van der Waals surface area (Å²) in [6.07, 6.45) is -4.70. The van der Waals surface area contributed by atoms with Crippen molar-refractivity contribution in [2.75, 3.05) is 36.9 Å². The summed E-state index contributed by atoms with van der Waals surface area (Å²) in [4.78, 5) is 21.7. The number of piperidine rings is 1. The van der Waals surface area contributed by atoms with Gasteiger partial charge >= 0.3 is 12.1 Å². The molecule has 2 aliphatic heterocycles. The van der Waals surface area contributed by atoms with E-state index in [9.17, 15) is 27.5 Å². The Morgan fingerprint density at radius 1 is 1.04 bits per heavy atom. The summed E-state index contributed by atoms with van der Waals surface area (Å²) in [5.41, 5.74) is 7.39. The molecule has 4 N–H and O–H groups in total. The molecule has 3 heterocycles. The summed E-state index contributed by atoms with van der Waals surface area (Å²) in [5.74, 6) is -1.61. The average Bonchev–Trinajstić information content (AvgIpc) is 3.50. The Morgan fingerprint density at radius 3 is 2.41 bits per heavy atom. The van der Waals surface area contributed by atoms with Crippen LogP contribution < -0.4 is 25.4 Å². The first kappa shape index (κ1) is 34.0. The van der Waals surface area contributed by atoms with Crippen molar-refractivity contribution < 1.29 is 36.9 Å². The maximum Gasteiger partial charge on any atom is 0.429 e. The third-order valence-electron chi connectivity index (χ3n) is 9.20. The summed E-state index contributed by atoms with van der Waals surface area (Å²) in [5, 5.41) is 12.5. The SMILES string of the molecule is CCCOc1ccc(-c2ccc(C(Oc3cc(N4CCC5(CC4)CN[C@H](C(=O)O)C5)nc(N)n3)C(F)(F)F)c(-c3ccccc3)c2)cc1F. The van der Waals surface area contributed by atoms with Crippen LogP contribution in [0, 0.1) is 11.2 Å². The molecule has 9 nitrogen and oxygen atoms in total. The van der Waals surface area contributed by atoms with Gasteiger partial charge < -0.3 is 30.5 Å². The van der Waals surface area contributed by atoms with Gasteiger partial charge in [-0.2, -0.15) is 23.1 Å². The smallest absolute Gasteiger partial charge is 0.429 e. The van der Waals surface area contributed by atoms with Crippen LogP contribution in [0.1, 0.15) is 44.3 Å².